The molecule has 2 unspecified atom stereocenters. The lowest BCUT2D eigenvalue weighted by atomic mass is 10.1. The SMILES string of the molecule is CCOC(C)C(=C[SiH2]N(C)C)C(C)OCC. The summed E-state index contributed by atoms with van der Waals surface area (Å²) >= 11 is 0. The molecule has 0 rings (SSSR count). The molecule has 0 saturated carbocycles. The number of rotatable bonds is 8. The van der Waals surface area contributed by atoms with Gasteiger partial charge in [-0.15, -0.1) is 0 Å². The minimum Gasteiger partial charge on any atom is -0.374 e. The van der Waals surface area contributed by atoms with Gasteiger partial charge in [0.25, 0.3) is 0 Å². The molecule has 3 nitrogen and oxygen atoms in total. The smallest absolute Gasteiger partial charge is 0.119 e. The summed E-state index contributed by atoms with van der Waals surface area (Å²) in [6, 6.07) is 0. The summed E-state index contributed by atoms with van der Waals surface area (Å²) in [6.07, 6.45) is 0.331. The van der Waals surface area contributed by atoms with Gasteiger partial charge in [0, 0.05) is 13.2 Å². The van der Waals surface area contributed by atoms with Gasteiger partial charge in [0.1, 0.15) is 9.68 Å². The maximum atomic E-state index is 5.66. The Balaban J connectivity index is 4.54. The Morgan fingerprint density at radius 2 is 1.56 bits per heavy atom. The summed E-state index contributed by atoms with van der Waals surface area (Å²) in [4.78, 5) is 0. The predicted octanol–water partition coefficient (Wildman–Crippen LogP) is 1.37. The van der Waals surface area contributed by atoms with Gasteiger partial charge in [0.2, 0.25) is 0 Å². The maximum Gasteiger partial charge on any atom is 0.119 e. The summed E-state index contributed by atoms with van der Waals surface area (Å²) < 4.78 is 13.6. The Hall–Kier alpha value is -0.163. The summed E-state index contributed by atoms with van der Waals surface area (Å²) in [5.41, 5.74) is 3.64. The van der Waals surface area contributed by atoms with E-state index in [2.05, 4.69) is 38.2 Å². The Kier molecular flexibility index (Phi) is 8.84. The van der Waals surface area contributed by atoms with Crippen molar-refractivity contribution in [2.24, 2.45) is 0 Å². The molecule has 16 heavy (non-hydrogen) atoms. The van der Waals surface area contributed by atoms with Crippen LogP contribution in [0.1, 0.15) is 27.7 Å². The molecule has 0 radical (unpaired) electrons. The molecule has 0 aliphatic carbocycles. The molecule has 0 aliphatic rings. The summed E-state index contributed by atoms with van der Waals surface area (Å²) in [5, 5.41) is 0. The van der Waals surface area contributed by atoms with Crippen LogP contribution in [-0.4, -0.2) is 53.8 Å². The first-order chi connectivity index (χ1) is 7.52. The van der Waals surface area contributed by atoms with Gasteiger partial charge in [-0.25, -0.2) is 0 Å². The quantitative estimate of drug-likeness (QED) is 0.603. The van der Waals surface area contributed by atoms with Crippen LogP contribution in [-0.2, 0) is 9.47 Å². The van der Waals surface area contributed by atoms with E-state index < -0.39 is 0 Å². The first-order valence-corrected chi connectivity index (χ1v) is 7.55. The van der Waals surface area contributed by atoms with Crippen LogP contribution in [0.3, 0.4) is 0 Å². The fraction of sp³-hybridized carbons (Fsp3) is 0.833. The van der Waals surface area contributed by atoms with Crippen molar-refractivity contribution >= 4 is 9.68 Å². The molecule has 0 spiro atoms. The minimum absolute atomic E-state index is 0.166. The molecule has 0 aromatic rings. The molecule has 0 bridgehead atoms. The van der Waals surface area contributed by atoms with Crippen molar-refractivity contribution in [3.05, 3.63) is 11.3 Å². The highest BCUT2D eigenvalue weighted by atomic mass is 28.2. The van der Waals surface area contributed by atoms with E-state index in [-0.39, 0.29) is 21.9 Å². The van der Waals surface area contributed by atoms with Gasteiger partial charge >= 0.3 is 0 Å². The van der Waals surface area contributed by atoms with Crippen molar-refractivity contribution in [2.45, 2.75) is 39.9 Å². The monoisotopic (exact) mass is 245 g/mol. The van der Waals surface area contributed by atoms with Crippen molar-refractivity contribution in [1.29, 1.82) is 0 Å². The number of ether oxygens (including phenoxy) is 2. The average molecular weight is 245 g/mol. The second-order valence-corrected chi connectivity index (χ2v) is 6.20. The van der Waals surface area contributed by atoms with E-state index in [0.717, 1.165) is 13.2 Å². The van der Waals surface area contributed by atoms with Crippen LogP contribution >= 0.6 is 0 Å². The lowest BCUT2D eigenvalue weighted by Crippen LogP contribution is -2.25. The zero-order chi connectivity index (χ0) is 12.6. The van der Waals surface area contributed by atoms with E-state index in [1.54, 1.807) is 0 Å². The summed E-state index contributed by atoms with van der Waals surface area (Å²) in [7, 11) is 3.93. The molecular formula is C12H27NO2Si. The lowest BCUT2D eigenvalue weighted by Gasteiger charge is -2.23. The fourth-order valence-electron chi connectivity index (χ4n) is 1.64. The zero-order valence-electron chi connectivity index (χ0n) is 11.6. The Bertz CT molecular complexity index is 193. The average Bonchev–Trinajstić information content (AvgIpc) is 2.18. The van der Waals surface area contributed by atoms with Crippen molar-refractivity contribution in [3.8, 4) is 0 Å². The minimum atomic E-state index is -0.310. The van der Waals surface area contributed by atoms with Crippen molar-refractivity contribution in [1.82, 2.24) is 4.57 Å². The van der Waals surface area contributed by atoms with Crippen molar-refractivity contribution < 1.29 is 9.47 Å². The molecule has 0 amide bonds. The van der Waals surface area contributed by atoms with Crippen molar-refractivity contribution in [2.75, 3.05) is 27.3 Å². The molecule has 0 aromatic carbocycles. The normalized spacial score (nSPS) is 15.7. The molecule has 0 N–H and O–H groups in total. The maximum absolute atomic E-state index is 5.66. The van der Waals surface area contributed by atoms with E-state index in [4.69, 9.17) is 9.47 Å². The van der Waals surface area contributed by atoms with Gasteiger partial charge < -0.3 is 14.0 Å². The standard InChI is InChI=1S/C12H27NO2Si/c1-7-14-10(3)12(9-16-13(5)6)11(4)15-8-2/h9-11H,7-8,16H2,1-6H3. The highest BCUT2D eigenvalue weighted by molar-refractivity contribution is 6.38. The Morgan fingerprint density at radius 3 is 1.88 bits per heavy atom. The van der Waals surface area contributed by atoms with Crippen LogP contribution in [0.15, 0.2) is 11.3 Å². The van der Waals surface area contributed by atoms with Gasteiger partial charge in [0.15, 0.2) is 0 Å². The number of nitrogens with zero attached hydrogens (tertiary/aromatic N) is 1. The summed E-state index contributed by atoms with van der Waals surface area (Å²) in [6.45, 7) is 9.78. The van der Waals surface area contributed by atoms with Gasteiger partial charge in [-0.2, -0.15) is 0 Å². The first kappa shape index (κ1) is 15.8. The molecule has 0 aromatic heterocycles. The highest BCUT2D eigenvalue weighted by Crippen LogP contribution is 2.14. The van der Waals surface area contributed by atoms with Crippen molar-refractivity contribution in [3.63, 3.8) is 0 Å². The highest BCUT2D eigenvalue weighted by Gasteiger charge is 2.16. The molecule has 0 heterocycles. The Morgan fingerprint density at radius 1 is 1.12 bits per heavy atom. The van der Waals surface area contributed by atoms with E-state index in [0.29, 0.717) is 0 Å². The Labute approximate surface area is 103 Å². The molecule has 2 atom stereocenters. The van der Waals surface area contributed by atoms with Gasteiger partial charge in [-0.05, 0) is 47.4 Å². The molecule has 4 heteroatoms. The van der Waals surface area contributed by atoms with Gasteiger partial charge in [0.05, 0.1) is 12.2 Å². The van der Waals surface area contributed by atoms with Crippen LogP contribution in [0.5, 0.6) is 0 Å². The largest absolute Gasteiger partial charge is 0.374 e. The lowest BCUT2D eigenvalue weighted by molar-refractivity contribution is 0.0512. The van der Waals surface area contributed by atoms with Crippen LogP contribution in [0.25, 0.3) is 0 Å². The zero-order valence-corrected chi connectivity index (χ0v) is 13.0. The first-order valence-electron chi connectivity index (χ1n) is 6.10. The van der Waals surface area contributed by atoms with Crippen LogP contribution in [0, 0.1) is 0 Å². The predicted molar refractivity (Wildman–Crippen MR) is 72.5 cm³/mol. The van der Waals surface area contributed by atoms with E-state index >= 15 is 0 Å². The van der Waals surface area contributed by atoms with Gasteiger partial charge in [-0.3, -0.25) is 0 Å². The third-order valence-corrected chi connectivity index (χ3v) is 3.85. The molecule has 96 valence electrons. The third-order valence-electron chi connectivity index (χ3n) is 2.46. The van der Waals surface area contributed by atoms with Gasteiger partial charge in [-0.1, -0.05) is 5.70 Å². The second-order valence-electron chi connectivity index (χ2n) is 4.16. The molecule has 0 aliphatic heterocycles. The van der Waals surface area contributed by atoms with Crippen LogP contribution in [0.4, 0.5) is 0 Å². The third kappa shape index (κ3) is 6.43. The number of hydrogen-bond donors (Lipinski definition) is 0. The molecule has 0 saturated heterocycles. The van der Waals surface area contributed by atoms with Crippen LogP contribution < -0.4 is 0 Å². The topological polar surface area (TPSA) is 21.7 Å². The van der Waals surface area contributed by atoms with E-state index in [1.807, 2.05) is 13.8 Å². The second kappa shape index (κ2) is 8.93. The van der Waals surface area contributed by atoms with E-state index in [9.17, 15) is 0 Å². The van der Waals surface area contributed by atoms with Crippen LogP contribution in [0.2, 0.25) is 0 Å². The molecule has 0 fully saturated rings. The van der Waals surface area contributed by atoms with E-state index in [1.165, 1.54) is 5.57 Å². The number of hydrogen-bond acceptors (Lipinski definition) is 3. The molecular weight excluding hydrogens is 218 g/mol. The summed E-state index contributed by atoms with van der Waals surface area (Å²) in [5.74, 6) is 0. The fourth-order valence-corrected chi connectivity index (χ4v) is 2.88.